The van der Waals surface area contributed by atoms with Crippen molar-refractivity contribution in [2.75, 3.05) is 26.7 Å². The molecule has 19 heavy (non-hydrogen) atoms. The van der Waals surface area contributed by atoms with Crippen molar-refractivity contribution in [3.8, 4) is 0 Å². The molecule has 0 radical (unpaired) electrons. The summed E-state index contributed by atoms with van der Waals surface area (Å²) >= 11 is 0. The summed E-state index contributed by atoms with van der Waals surface area (Å²) in [6.07, 6.45) is 6.81. The van der Waals surface area contributed by atoms with E-state index in [2.05, 4.69) is 5.32 Å². The molecule has 2 bridgehead atoms. The summed E-state index contributed by atoms with van der Waals surface area (Å²) in [5.74, 6) is 0.615. The van der Waals surface area contributed by atoms with E-state index in [1.165, 1.54) is 19.3 Å². The van der Waals surface area contributed by atoms with Crippen molar-refractivity contribution in [2.24, 2.45) is 5.92 Å². The van der Waals surface area contributed by atoms with Gasteiger partial charge in [0.05, 0.1) is 0 Å². The second-order valence-corrected chi connectivity index (χ2v) is 8.30. The molecule has 2 unspecified atom stereocenters. The molecule has 2 saturated carbocycles. The molecule has 0 amide bonds. The zero-order chi connectivity index (χ0) is 13.5. The van der Waals surface area contributed by atoms with Crippen molar-refractivity contribution < 1.29 is 8.42 Å². The van der Waals surface area contributed by atoms with Gasteiger partial charge in [-0.3, -0.25) is 0 Å². The first-order valence-corrected chi connectivity index (χ1v) is 8.93. The molecule has 1 saturated heterocycles. The number of rotatable bonds is 7. The maximum Gasteiger partial charge on any atom is 0.281 e. The lowest BCUT2D eigenvalue weighted by Gasteiger charge is -2.30. The van der Waals surface area contributed by atoms with Crippen LogP contribution in [0.15, 0.2) is 0 Å². The molecule has 0 aromatic rings. The predicted octanol–water partition coefficient (Wildman–Crippen LogP) is 0.789. The van der Waals surface area contributed by atoms with Gasteiger partial charge in [-0.05, 0) is 51.0 Å². The van der Waals surface area contributed by atoms with E-state index >= 15 is 0 Å². The Balaban J connectivity index is 1.48. The number of fused-ring (bicyclic) bond motifs is 2. The lowest BCUT2D eigenvalue weighted by molar-refractivity contribution is 0.303. The quantitative estimate of drug-likeness (QED) is 0.704. The SMILES string of the molecule is CN(CCCNC1CC1)S(=O)(=O)N1CC2CCC1C2. The number of nitrogens with one attached hydrogen (secondary N) is 1. The van der Waals surface area contributed by atoms with Crippen LogP contribution in [0.2, 0.25) is 0 Å². The Morgan fingerprint density at radius 3 is 2.63 bits per heavy atom. The molecule has 0 aromatic heterocycles. The Morgan fingerprint density at radius 1 is 1.26 bits per heavy atom. The summed E-state index contributed by atoms with van der Waals surface area (Å²) in [5, 5.41) is 3.42. The van der Waals surface area contributed by atoms with E-state index in [0.29, 0.717) is 18.5 Å². The highest BCUT2D eigenvalue weighted by molar-refractivity contribution is 7.86. The van der Waals surface area contributed by atoms with E-state index in [-0.39, 0.29) is 6.04 Å². The summed E-state index contributed by atoms with van der Waals surface area (Å²) in [4.78, 5) is 0. The van der Waals surface area contributed by atoms with Crippen molar-refractivity contribution in [3.05, 3.63) is 0 Å². The van der Waals surface area contributed by atoms with Crippen LogP contribution in [0, 0.1) is 5.92 Å². The second-order valence-electron chi connectivity index (χ2n) is 6.31. The van der Waals surface area contributed by atoms with Crippen molar-refractivity contribution in [1.29, 1.82) is 0 Å². The maximum atomic E-state index is 12.5. The van der Waals surface area contributed by atoms with Crippen molar-refractivity contribution in [3.63, 3.8) is 0 Å². The van der Waals surface area contributed by atoms with Gasteiger partial charge < -0.3 is 5.32 Å². The van der Waals surface area contributed by atoms with Crippen LogP contribution in [-0.2, 0) is 10.2 Å². The highest BCUT2D eigenvalue weighted by Crippen LogP contribution is 2.39. The molecule has 110 valence electrons. The molecule has 3 aliphatic rings. The fourth-order valence-corrected chi connectivity index (χ4v) is 5.04. The average Bonchev–Trinajstić information content (AvgIpc) is 2.96. The summed E-state index contributed by atoms with van der Waals surface area (Å²) in [6, 6.07) is 0.985. The van der Waals surface area contributed by atoms with Crippen molar-refractivity contribution in [1.82, 2.24) is 13.9 Å². The van der Waals surface area contributed by atoms with Crippen LogP contribution in [0.4, 0.5) is 0 Å². The number of nitrogens with zero attached hydrogens (tertiary/aromatic N) is 2. The van der Waals surface area contributed by atoms with E-state index < -0.39 is 10.2 Å². The van der Waals surface area contributed by atoms with Crippen LogP contribution in [-0.4, -0.2) is 55.8 Å². The fourth-order valence-electron chi connectivity index (χ4n) is 3.35. The Bertz CT molecular complexity index is 422. The van der Waals surface area contributed by atoms with Crippen LogP contribution in [0.1, 0.15) is 38.5 Å². The molecule has 3 rings (SSSR count). The summed E-state index contributed by atoms with van der Waals surface area (Å²) < 4.78 is 28.3. The van der Waals surface area contributed by atoms with Gasteiger partial charge in [0.1, 0.15) is 0 Å². The topological polar surface area (TPSA) is 52.7 Å². The first-order valence-electron chi connectivity index (χ1n) is 7.54. The number of hydrogen-bond acceptors (Lipinski definition) is 3. The Kier molecular flexibility index (Phi) is 3.86. The molecule has 1 aliphatic heterocycles. The fraction of sp³-hybridized carbons (Fsp3) is 1.00. The van der Waals surface area contributed by atoms with Gasteiger partial charge in [-0.15, -0.1) is 0 Å². The third kappa shape index (κ3) is 2.96. The number of hydrogen-bond donors (Lipinski definition) is 1. The first kappa shape index (κ1) is 13.8. The molecule has 2 atom stereocenters. The van der Waals surface area contributed by atoms with E-state index in [9.17, 15) is 8.42 Å². The second kappa shape index (κ2) is 5.31. The van der Waals surface area contributed by atoms with Gasteiger partial charge in [-0.2, -0.15) is 17.0 Å². The standard InChI is InChI=1S/C13H25N3O2S/c1-15(8-2-7-14-12-4-5-12)19(17,18)16-10-11-3-6-13(16)9-11/h11-14H,2-10H2,1H3. The maximum absolute atomic E-state index is 12.5. The van der Waals surface area contributed by atoms with E-state index in [0.717, 1.165) is 32.4 Å². The smallest absolute Gasteiger partial charge is 0.281 e. The molecule has 5 nitrogen and oxygen atoms in total. The van der Waals surface area contributed by atoms with E-state index in [4.69, 9.17) is 0 Å². The van der Waals surface area contributed by atoms with Crippen LogP contribution >= 0.6 is 0 Å². The van der Waals surface area contributed by atoms with E-state index in [1.807, 2.05) is 0 Å². The molecule has 1 heterocycles. The minimum absolute atomic E-state index is 0.280. The number of piperidine rings is 1. The zero-order valence-corrected chi connectivity index (χ0v) is 12.5. The van der Waals surface area contributed by atoms with Gasteiger partial charge >= 0.3 is 0 Å². The third-order valence-electron chi connectivity index (χ3n) is 4.71. The minimum Gasteiger partial charge on any atom is -0.314 e. The molecular formula is C13H25N3O2S. The minimum atomic E-state index is -3.22. The third-order valence-corrected chi connectivity index (χ3v) is 6.72. The summed E-state index contributed by atoms with van der Waals surface area (Å²) in [7, 11) is -1.50. The molecule has 3 fully saturated rings. The van der Waals surface area contributed by atoms with Gasteiger partial charge in [0.25, 0.3) is 10.2 Å². The molecular weight excluding hydrogens is 262 g/mol. The van der Waals surface area contributed by atoms with Crippen LogP contribution in [0.25, 0.3) is 0 Å². The van der Waals surface area contributed by atoms with Crippen LogP contribution in [0.5, 0.6) is 0 Å². The van der Waals surface area contributed by atoms with Crippen LogP contribution < -0.4 is 5.32 Å². The summed E-state index contributed by atoms with van der Waals surface area (Å²) in [5.41, 5.74) is 0. The monoisotopic (exact) mass is 287 g/mol. The molecule has 2 aliphatic carbocycles. The molecule has 0 spiro atoms. The highest BCUT2D eigenvalue weighted by atomic mass is 32.2. The van der Waals surface area contributed by atoms with E-state index in [1.54, 1.807) is 15.7 Å². The highest BCUT2D eigenvalue weighted by Gasteiger charge is 2.44. The lowest BCUT2D eigenvalue weighted by atomic mass is 10.1. The summed E-state index contributed by atoms with van der Waals surface area (Å²) in [6.45, 7) is 2.30. The first-order chi connectivity index (χ1) is 9.07. The van der Waals surface area contributed by atoms with Crippen molar-refractivity contribution in [2.45, 2.75) is 50.6 Å². The Hall–Kier alpha value is -0.170. The average molecular weight is 287 g/mol. The van der Waals surface area contributed by atoms with Gasteiger partial charge in [0.2, 0.25) is 0 Å². The Labute approximate surface area is 116 Å². The van der Waals surface area contributed by atoms with Crippen molar-refractivity contribution >= 4 is 10.2 Å². The molecule has 0 aromatic carbocycles. The lowest BCUT2D eigenvalue weighted by Crippen LogP contribution is -2.46. The predicted molar refractivity (Wildman–Crippen MR) is 75.0 cm³/mol. The Morgan fingerprint density at radius 2 is 2.05 bits per heavy atom. The van der Waals surface area contributed by atoms with Gasteiger partial charge in [0.15, 0.2) is 0 Å². The van der Waals surface area contributed by atoms with Crippen LogP contribution in [0.3, 0.4) is 0 Å². The zero-order valence-electron chi connectivity index (χ0n) is 11.7. The van der Waals surface area contributed by atoms with Gasteiger partial charge in [-0.25, -0.2) is 0 Å². The largest absolute Gasteiger partial charge is 0.314 e. The van der Waals surface area contributed by atoms with Gasteiger partial charge in [0, 0.05) is 32.2 Å². The normalized spacial score (nSPS) is 31.5. The molecule has 1 N–H and O–H groups in total. The van der Waals surface area contributed by atoms with Gasteiger partial charge in [-0.1, -0.05) is 0 Å². The molecule has 6 heteroatoms.